The summed E-state index contributed by atoms with van der Waals surface area (Å²) < 4.78 is 0. The molecular formula is C18H18ClN5O. The van der Waals surface area contributed by atoms with Crippen LogP contribution in [0.25, 0.3) is 11.4 Å². The quantitative estimate of drug-likeness (QED) is 0.762. The summed E-state index contributed by atoms with van der Waals surface area (Å²) in [6, 6.07) is 15.1. The Hall–Kier alpha value is -2.73. The van der Waals surface area contributed by atoms with E-state index in [4.69, 9.17) is 11.6 Å². The predicted molar refractivity (Wildman–Crippen MR) is 96.0 cm³/mol. The van der Waals surface area contributed by atoms with Crippen LogP contribution in [0.4, 0.5) is 0 Å². The highest BCUT2D eigenvalue weighted by atomic mass is 35.5. The second-order valence-corrected chi connectivity index (χ2v) is 6.34. The standard InChI is InChI=1S/C18H18ClN5O/c1-12(14-6-8-16(19)9-7-14)18(25)24(2)11-13-4-3-5-15(10-13)17-20-22-23-21-17/h3-10,12H,11H2,1-2H3,(H,20,21,22,23). The van der Waals surface area contributed by atoms with Crippen molar-refractivity contribution in [2.45, 2.75) is 19.4 Å². The van der Waals surface area contributed by atoms with Crippen LogP contribution in [0.2, 0.25) is 5.02 Å². The number of nitrogens with zero attached hydrogens (tertiary/aromatic N) is 4. The number of hydrogen-bond donors (Lipinski definition) is 1. The highest BCUT2D eigenvalue weighted by Gasteiger charge is 2.19. The molecule has 128 valence electrons. The molecule has 0 saturated heterocycles. The summed E-state index contributed by atoms with van der Waals surface area (Å²) >= 11 is 5.91. The molecule has 1 heterocycles. The van der Waals surface area contributed by atoms with E-state index in [1.807, 2.05) is 43.3 Å². The predicted octanol–water partition coefficient (Wildman–Crippen LogP) is 3.28. The molecule has 1 amide bonds. The Morgan fingerprint density at radius 2 is 2.00 bits per heavy atom. The monoisotopic (exact) mass is 355 g/mol. The fourth-order valence-electron chi connectivity index (χ4n) is 2.67. The maximum Gasteiger partial charge on any atom is 0.229 e. The summed E-state index contributed by atoms with van der Waals surface area (Å²) in [4.78, 5) is 14.4. The van der Waals surface area contributed by atoms with E-state index in [1.165, 1.54) is 0 Å². The maximum absolute atomic E-state index is 12.7. The van der Waals surface area contributed by atoms with Crippen molar-refractivity contribution < 1.29 is 4.79 Å². The molecule has 7 heteroatoms. The van der Waals surface area contributed by atoms with Gasteiger partial charge in [-0.05, 0) is 41.5 Å². The van der Waals surface area contributed by atoms with E-state index in [0.717, 1.165) is 16.7 Å². The minimum atomic E-state index is -0.234. The number of halogens is 1. The van der Waals surface area contributed by atoms with Crippen LogP contribution < -0.4 is 0 Å². The Balaban J connectivity index is 1.71. The highest BCUT2D eigenvalue weighted by Crippen LogP contribution is 2.21. The van der Waals surface area contributed by atoms with Crippen molar-refractivity contribution in [3.05, 3.63) is 64.7 Å². The number of rotatable bonds is 5. The lowest BCUT2D eigenvalue weighted by Crippen LogP contribution is -2.30. The van der Waals surface area contributed by atoms with Gasteiger partial charge in [-0.15, -0.1) is 10.2 Å². The number of amides is 1. The van der Waals surface area contributed by atoms with Crippen LogP contribution in [-0.2, 0) is 11.3 Å². The summed E-state index contributed by atoms with van der Waals surface area (Å²) in [6.45, 7) is 2.40. The van der Waals surface area contributed by atoms with Crippen LogP contribution in [0.15, 0.2) is 48.5 Å². The molecule has 0 saturated carbocycles. The lowest BCUT2D eigenvalue weighted by atomic mass is 9.99. The van der Waals surface area contributed by atoms with Crippen molar-refractivity contribution in [1.82, 2.24) is 25.5 Å². The summed E-state index contributed by atoms with van der Waals surface area (Å²) in [6.07, 6.45) is 0. The van der Waals surface area contributed by atoms with Gasteiger partial charge >= 0.3 is 0 Å². The van der Waals surface area contributed by atoms with E-state index in [2.05, 4.69) is 20.6 Å². The van der Waals surface area contributed by atoms with E-state index in [-0.39, 0.29) is 11.8 Å². The lowest BCUT2D eigenvalue weighted by Gasteiger charge is -2.22. The number of H-pyrrole nitrogens is 1. The molecule has 1 N–H and O–H groups in total. The van der Waals surface area contributed by atoms with Crippen molar-refractivity contribution in [3.8, 4) is 11.4 Å². The molecule has 0 aliphatic heterocycles. The minimum Gasteiger partial charge on any atom is -0.341 e. The van der Waals surface area contributed by atoms with Crippen molar-refractivity contribution in [3.63, 3.8) is 0 Å². The number of nitrogens with one attached hydrogen (secondary N) is 1. The number of tetrazole rings is 1. The Kier molecular flexibility index (Phi) is 5.09. The van der Waals surface area contributed by atoms with Gasteiger partial charge in [-0.2, -0.15) is 5.21 Å². The van der Waals surface area contributed by atoms with Gasteiger partial charge in [0.25, 0.3) is 0 Å². The molecule has 1 atom stereocenters. The molecule has 3 rings (SSSR count). The fraction of sp³-hybridized carbons (Fsp3) is 0.222. The number of aromatic amines is 1. The van der Waals surface area contributed by atoms with Crippen molar-refractivity contribution in [2.75, 3.05) is 7.05 Å². The zero-order valence-electron chi connectivity index (χ0n) is 14.0. The maximum atomic E-state index is 12.7. The van der Waals surface area contributed by atoms with E-state index in [0.29, 0.717) is 17.4 Å². The minimum absolute atomic E-state index is 0.0484. The Morgan fingerprint density at radius 1 is 1.24 bits per heavy atom. The van der Waals surface area contributed by atoms with Crippen LogP contribution in [0.3, 0.4) is 0 Å². The van der Waals surface area contributed by atoms with Gasteiger partial charge in [0.05, 0.1) is 5.92 Å². The van der Waals surface area contributed by atoms with Gasteiger partial charge in [-0.3, -0.25) is 4.79 Å². The molecule has 1 aromatic heterocycles. The van der Waals surface area contributed by atoms with Gasteiger partial charge in [0, 0.05) is 24.2 Å². The molecule has 0 spiro atoms. The van der Waals surface area contributed by atoms with Gasteiger partial charge in [-0.1, -0.05) is 41.9 Å². The first-order chi connectivity index (χ1) is 12.0. The summed E-state index contributed by atoms with van der Waals surface area (Å²) in [5.74, 6) is 0.348. The normalized spacial score (nSPS) is 12.0. The Labute approximate surface area is 150 Å². The Bertz CT molecular complexity index is 848. The molecule has 0 fully saturated rings. The van der Waals surface area contributed by atoms with Gasteiger partial charge in [-0.25, -0.2) is 0 Å². The van der Waals surface area contributed by atoms with Crippen molar-refractivity contribution in [2.24, 2.45) is 0 Å². The third kappa shape index (κ3) is 4.03. The van der Waals surface area contributed by atoms with Gasteiger partial charge in [0.2, 0.25) is 11.7 Å². The number of carbonyl (C=O) groups is 1. The van der Waals surface area contributed by atoms with E-state index in [1.54, 1.807) is 24.1 Å². The van der Waals surface area contributed by atoms with Crippen LogP contribution in [0, 0.1) is 0 Å². The van der Waals surface area contributed by atoms with Gasteiger partial charge < -0.3 is 4.90 Å². The first-order valence-corrected chi connectivity index (χ1v) is 8.25. The number of carbonyl (C=O) groups excluding carboxylic acids is 1. The number of benzene rings is 2. The largest absolute Gasteiger partial charge is 0.341 e. The van der Waals surface area contributed by atoms with Gasteiger partial charge in [0.1, 0.15) is 0 Å². The lowest BCUT2D eigenvalue weighted by molar-refractivity contribution is -0.131. The molecule has 1 unspecified atom stereocenters. The fourth-order valence-corrected chi connectivity index (χ4v) is 2.80. The number of hydrogen-bond acceptors (Lipinski definition) is 4. The van der Waals surface area contributed by atoms with Crippen LogP contribution in [-0.4, -0.2) is 38.5 Å². The summed E-state index contributed by atoms with van der Waals surface area (Å²) in [5.41, 5.74) is 2.81. The van der Waals surface area contributed by atoms with Crippen LogP contribution in [0.1, 0.15) is 24.0 Å². The smallest absolute Gasteiger partial charge is 0.229 e. The third-order valence-corrected chi connectivity index (χ3v) is 4.32. The van der Waals surface area contributed by atoms with Gasteiger partial charge in [0.15, 0.2) is 0 Å². The zero-order valence-corrected chi connectivity index (χ0v) is 14.7. The molecule has 6 nitrogen and oxygen atoms in total. The average Bonchev–Trinajstić information content (AvgIpc) is 3.16. The molecule has 0 aliphatic rings. The number of aromatic nitrogens is 4. The Morgan fingerprint density at radius 3 is 2.68 bits per heavy atom. The third-order valence-electron chi connectivity index (χ3n) is 4.07. The SMILES string of the molecule is CC(C(=O)N(C)Cc1cccc(-c2nn[nH]n2)c1)c1ccc(Cl)cc1. The van der Waals surface area contributed by atoms with Crippen LogP contribution in [0.5, 0.6) is 0 Å². The molecule has 3 aromatic rings. The summed E-state index contributed by atoms with van der Waals surface area (Å²) in [7, 11) is 1.80. The molecule has 2 aromatic carbocycles. The topological polar surface area (TPSA) is 74.8 Å². The second kappa shape index (κ2) is 7.44. The van der Waals surface area contributed by atoms with Crippen molar-refractivity contribution in [1.29, 1.82) is 0 Å². The van der Waals surface area contributed by atoms with E-state index < -0.39 is 0 Å². The highest BCUT2D eigenvalue weighted by molar-refractivity contribution is 6.30. The molecular weight excluding hydrogens is 338 g/mol. The van der Waals surface area contributed by atoms with E-state index >= 15 is 0 Å². The molecule has 0 radical (unpaired) electrons. The van der Waals surface area contributed by atoms with Crippen molar-refractivity contribution >= 4 is 17.5 Å². The number of likely N-dealkylation sites (N-methyl/N-ethyl adjacent to an activating group) is 1. The second-order valence-electron chi connectivity index (χ2n) is 5.90. The first kappa shape index (κ1) is 17.1. The molecule has 0 aliphatic carbocycles. The molecule has 0 bridgehead atoms. The van der Waals surface area contributed by atoms with E-state index in [9.17, 15) is 4.79 Å². The molecule has 25 heavy (non-hydrogen) atoms. The zero-order chi connectivity index (χ0) is 17.8. The first-order valence-electron chi connectivity index (χ1n) is 7.88. The van der Waals surface area contributed by atoms with Crippen LogP contribution >= 0.6 is 11.6 Å². The summed E-state index contributed by atoms with van der Waals surface area (Å²) in [5, 5.41) is 14.6. The average molecular weight is 356 g/mol.